The van der Waals surface area contributed by atoms with Gasteiger partial charge in [0.15, 0.2) is 5.82 Å². The van der Waals surface area contributed by atoms with Crippen molar-refractivity contribution in [3.8, 4) is 0 Å². The Morgan fingerprint density at radius 2 is 1.93 bits per heavy atom. The molecule has 2 fully saturated rings. The van der Waals surface area contributed by atoms with Crippen molar-refractivity contribution in [3.63, 3.8) is 0 Å². The monoisotopic (exact) mass is 434 g/mol. The Labute approximate surface area is 178 Å². The van der Waals surface area contributed by atoms with Gasteiger partial charge in [-0.3, -0.25) is 4.90 Å². The van der Waals surface area contributed by atoms with E-state index >= 15 is 0 Å². The van der Waals surface area contributed by atoms with Crippen molar-refractivity contribution >= 4 is 10.0 Å². The van der Waals surface area contributed by atoms with Crippen molar-refractivity contribution in [3.05, 3.63) is 41.5 Å². The van der Waals surface area contributed by atoms with Gasteiger partial charge in [0.05, 0.1) is 10.9 Å². The molecule has 1 aromatic carbocycles. The summed E-state index contributed by atoms with van der Waals surface area (Å²) in [5.41, 5.74) is 1.22. The summed E-state index contributed by atoms with van der Waals surface area (Å²) < 4.78 is 38.1. The first-order valence-electron chi connectivity index (χ1n) is 10.5. The number of aryl methyl sites for hydroxylation is 1. The van der Waals surface area contributed by atoms with Gasteiger partial charge >= 0.3 is 0 Å². The summed E-state index contributed by atoms with van der Waals surface area (Å²) in [6, 6.07) is 7.34. The number of hydrogen-bond donors (Lipinski definition) is 0. The Kier molecular flexibility index (Phi) is 5.98. The number of benzene rings is 1. The normalized spacial score (nSPS) is 22.7. The van der Waals surface area contributed by atoms with Crippen LogP contribution in [0.5, 0.6) is 0 Å². The Bertz CT molecular complexity index is 965. The summed E-state index contributed by atoms with van der Waals surface area (Å²) in [6.45, 7) is 4.36. The second-order valence-corrected chi connectivity index (χ2v) is 10.5. The van der Waals surface area contributed by atoms with Crippen LogP contribution < -0.4 is 0 Å². The molecule has 0 radical (unpaired) electrons. The zero-order valence-electron chi connectivity index (χ0n) is 17.9. The number of hydrogen-bond acceptors (Lipinski definition) is 7. The predicted molar refractivity (Wildman–Crippen MR) is 111 cm³/mol. The van der Waals surface area contributed by atoms with Gasteiger partial charge in [0, 0.05) is 26.7 Å². The van der Waals surface area contributed by atoms with Crippen LogP contribution in [0, 0.1) is 5.41 Å². The Morgan fingerprint density at radius 1 is 1.23 bits per heavy atom. The fourth-order valence-electron chi connectivity index (χ4n) is 4.75. The lowest BCUT2D eigenvalue weighted by Gasteiger charge is -2.38. The van der Waals surface area contributed by atoms with Crippen molar-refractivity contribution in [1.29, 1.82) is 0 Å². The topological polar surface area (TPSA) is 88.8 Å². The summed E-state index contributed by atoms with van der Waals surface area (Å²) in [6.07, 6.45) is 3.48. The van der Waals surface area contributed by atoms with Crippen molar-refractivity contribution in [2.75, 3.05) is 33.8 Å². The average molecular weight is 435 g/mol. The van der Waals surface area contributed by atoms with Gasteiger partial charge in [-0.25, -0.2) is 8.42 Å². The van der Waals surface area contributed by atoms with Gasteiger partial charge in [0.1, 0.15) is 6.61 Å². The molecule has 1 atom stereocenters. The highest BCUT2D eigenvalue weighted by molar-refractivity contribution is 7.89. The predicted octanol–water partition coefficient (Wildman–Crippen LogP) is 2.63. The standard InChI is InChI=1S/C21H30N4O4S/c1-4-16-5-7-17(8-6-16)30(26,27)25-11-9-21(10-12-25)13-18(24(2)15-21)20-22-19(14-28-3)29-23-20/h5-8,18H,4,9-15H2,1-3H3. The van der Waals surface area contributed by atoms with Crippen molar-refractivity contribution in [2.45, 2.75) is 50.2 Å². The van der Waals surface area contributed by atoms with Gasteiger partial charge in [0.25, 0.3) is 5.89 Å². The highest BCUT2D eigenvalue weighted by atomic mass is 32.2. The summed E-state index contributed by atoms with van der Waals surface area (Å²) in [5, 5.41) is 4.14. The smallest absolute Gasteiger partial charge is 0.252 e. The summed E-state index contributed by atoms with van der Waals surface area (Å²) in [7, 11) is 0.222. The van der Waals surface area contributed by atoms with Crippen LogP contribution in [-0.4, -0.2) is 61.6 Å². The zero-order chi connectivity index (χ0) is 21.4. The fraction of sp³-hybridized carbons (Fsp3) is 0.619. The maximum Gasteiger partial charge on any atom is 0.252 e. The van der Waals surface area contributed by atoms with E-state index in [9.17, 15) is 8.42 Å². The Hall–Kier alpha value is -1.81. The second-order valence-electron chi connectivity index (χ2n) is 8.52. The van der Waals surface area contributed by atoms with E-state index in [0.29, 0.717) is 36.3 Å². The molecule has 4 rings (SSSR count). The van der Waals surface area contributed by atoms with Crippen molar-refractivity contribution < 1.29 is 17.7 Å². The molecule has 2 saturated heterocycles. The van der Waals surface area contributed by atoms with Gasteiger partial charge in [-0.1, -0.05) is 24.2 Å². The van der Waals surface area contributed by atoms with E-state index in [1.165, 1.54) is 0 Å². The van der Waals surface area contributed by atoms with Crippen molar-refractivity contribution in [2.24, 2.45) is 5.41 Å². The SMILES string of the molecule is CCc1ccc(S(=O)(=O)N2CCC3(CC2)CC(c2noc(COC)n2)N(C)C3)cc1. The molecule has 0 bridgehead atoms. The van der Waals surface area contributed by atoms with Crippen LogP contribution in [0.15, 0.2) is 33.7 Å². The molecule has 1 unspecified atom stereocenters. The van der Waals surface area contributed by atoms with E-state index in [0.717, 1.165) is 37.8 Å². The van der Waals surface area contributed by atoms with E-state index in [1.54, 1.807) is 23.5 Å². The molecule has 2 aromatic rings. The maximum absolute atomic E-state index is 13.1. The minimum Gasteiger partial charge on any atom is -0.375 e. The van der Waals surface area contributed by atoms with Gasteiger partial charge in [-0.05, 0) is 55.8 Å². The lowest BCUT2D eigenvalue weighted by molar-refractivity contribution is 0.151. The number of likely N-dealkylation sites (tertiary alicyclic amines) is 1. The number of aromatic nitrogens is 2. The molecule has 2 aliphatic rings. The third kappa shape index (κ3) is 4.03. The third-order valence-electron chi connectivity index (χ3n) is 6.55. The molecule has 30 heavy (non-hydrogen) atoms. The number of rotatable bonds is 6. The highest BCUT2D eigenvalue weighted by Crippen LogP contribution is 2.48. The fourth-order valence-corrected chi connectivity index (χ4v) is 6.19. The number of methoxy groups -OCH3 is 1. The maximum atomic E-state index is 13.1. The molecular formula is C21H30N4O4S. The van der Waals surface area contributed by atoms with Crippen LogP contribution in [0.25, 0.3) is 0 Å². The molecule has 0 amide bonds. The van der Waals surface area contributed by atoms with Gasteiger partial charge < -0.3 is 9.26 Å². The van der Waals surface area contributed by atoms with Gasteiger partial charge in [-0.15, -0.1) is 0 Å². The Morgan fingerprint density at radius 3 is 2.57 bits per heavy atom. The number of sulfonamides is 1. The lowest BCUT2D eigenvalue weighted by atomic mass is 9.77. The number of ether oxygens (including phenoxy) is 1. The van der Waals surface area contributed by atoms with Crippen LogP contribution >= 0.6 is 0 Å². The van der Waals surface area contributed by atoms with Gasteiger partial charge in [-0.2, -0.15) is 9.29 Å². The van der Waals surface area contributed by atoms with Crippen molar-refractivity contribution in [1.82, 2.24) is 19.3 Å². The molecule has 8 nitrogen and oxygen atoms in total. The number of piperidine rings is 1. The van der Waals surface area contributed by atoms with E-state index in [2.05, 4.69) is 29.0 Å². The highest BCUT2D eigenvalue weighted by Gasteiger charge is 2.47. The lowest BCUT2D eigenvalue weighted by Crippen LogP contribution is -2.44. The van der Waals surface area contributed by atoms with E-state index < -0.39 is 10.0 Å². The molecular weight excluding hydrogens is 404 g/mol. The number of nitrogens with zero attached hydrogens (tertiary/aromatic N) is 4. The van der Waals surface area contributed by atoms with E-state index in [1.807, 2.05) is 12.1 Å². The van der Waals surface area contributed by atoms with Crippen LogP contribution in [0.1, 0.15) is 49.5 Å². The summed E-state index contributed by atoms with van der Waals surface area (Å²) >= 11 is 0. The second kappa shape index (κ2) is 8.37. The first-order valence-corrected chi connectivity index (χ1v) is 11.9. The van der Waals surface area contributed by atoms with Crippen LogP contribution in [0.2, 0.25) is 0 Å². The van der Waals surface area contributed by atoms with Crippen LogP contribution in [-0.2, 0) is 27.8 Å². The van der Waals surface area contributed by atoms with E-state index in [-0.39, 0.29) is 11.5 Å². The zero-order valence-corrected chi connectivity index (χ0v) is 18.7. The first-order chi connectivity index (χ1) is 14.4. The minimum absolute atomic E-state index is 0.0829. The average Bonchev–Trinajstić information content (AvgIpc) is 3.33. The molecule has 9 heteroatoms. The Balaban J connectivity index is 1.43. The molecule has 0 saturated carbocycles. The summed E-state index contributed by atoms with van der Waals surface area (Å²) in [5.74, 6) is 1.17. The van der Waals surface area contributed by atoms with Crippen LogP contribution in [0.4, 0.5) is 0 Å². The molecule has 0 aliphatic carbocycles. The first kappa shape index (κ1) is 21.4. The summed E-state index contributed by atoms with van der Waals surface area (Å²) in [4.78, 5) is 7.11. The molecule has 1 aromatic heterocycles. The molecule has 0 N–H and O–H groups in total. The minimum atomic E-state index is -3.45. The quantitative estimate of drug-likeness (QED) is 0.690. The molecule has 1 spiro atoms. The molecule has 3 heterocycles. The molecule has 2 aliphatic heterocycles. The largest absolute Gasteiger partial charge is 0.375 e. The van der Waals surface area contributed by atoms with Crippen LogP contribution in [0.3, 0.4) is 0 Å². The van der Waals surface area contributed by atoms with E-state index in [4.69, 9.17) is 9.26 Å². The molecule has 164 valence electrons. The third-order valence-corrected chi connectivity index (χ3v) is 8.46. The van der Waals surface area contributed by atoms with Gasteiger partial charge in [0.2, 0.25) is 10.0 Å².